The van der Waals surface area contributed by atoms with Crippen molar-refractivity contribution in [1.29, 1.82) is 0 Å². The van der Waals surface area contributed by atoms with Gasteiger partial charge in [0.1, 0.15) is 17.1 Å². The van der Waals surface area contributed by atoms with Crippen molar-refractivity contribution in [2.45, 2.75) is 0 Å². The number of nitrogens with one attached hydrogen (secondary N) is 1. The topological polar surface area (TPSA) is 70.6 Å². The number of aromatic amines is 1. The number of rotatable bonds is 2. The summed E-state index contributed by atoms with van der Waals surface area (Å²) in [6.07, 6.45) is 5.02. The van der Waals surface area contributed by atoms with Crippen LogP contribution in [0.2, 0.25) is 5.02 Å². The van der Waals surface area contributed by atoms with E-state index in [1.165, 1.54) is 4.90 Å². The van der Waals surface area contributed by atoms with Crippen LogP contribution in [0.4, 0.5) is 0 Å². The van der Waals surface area contributed by atoms with Crippen LogP contribution in [0.5, 0.6) is 5.75 Å². The van der Waals surface area contributed by atoms with E-state index in [1.54, 1.807) is 43.7 Å². The molecule has 0 radical (unpaired) electrons. The third-order valence-corrected chi connectivity index (χ3v) is 4.01. The average Bonchev–Trinajstić information content (AvgIpc) is 3.13. The van der Waals surface area contributed by atoms with E-state index in [0.717, 1.165) is 10.9 Å². The van der Waals surface area contributed by atoms with Crippen molar-refractivity contribution in [3.63, 3.8) is 0 Å². The number of amidine groups is 1. The second-order valence-electron chi connectivity index (χ2n) is 5.50. The number of likely N-dealkylation sites (N-methyl/N-ethyl adjacent to an activating group) is 1. The minimum Gasteiger partial charge on any atom is -0.425 e. The molecule has 25 heavy (non-hydrogen) atoms. The third kappa shape index (κ3) is 2.88. The van der Waals surface area contributed by atoms with E-state index in [1.807, 2.05) is 18.2 Å². The number of amides is 1. The Hall–Kier alpha value is -3.12. The van der Waals surface area contributed by atoms with Crippen molar-refractivity contribution in [2.75, 3.05) is 7.05 Å². The maximum absolute atomic E-state index is 12.4. The number of hydrogen-bond acceptors (Lipinski definition) is 4. The normalized spacial score (nSPS) is 15.9. The lowest BCUT2D eigenvalue weighted by molar-refractivity contribution is -0.122. The molecule has 0 aliphatic carbocycles. The lowest BCUT2D eigenvalue weighted by Gasteiger charge is -2.11. The second kappa shape index (κ2) is 6.07. The molecule has 1 aliphatic heterocycles. The predicted octanol–water partition coefficient (Wildman–Crippen LogP) is 3.46. The number of carbonyl (C=O) groups excluding carboxylic acids is 1. The molecule has 2 aromatic heterocycles. The van der Waals surface area contributed by atoms with E-state index in [-0.39, 0.29) is 17.6 Å². The molecule has 0 unspecified atom stereocenters. The van der Waals surface area contributed by atoms with Gasteiger partial charge in [0.05, 0.1) is 5.02 Å². The van der Waals surface area contributed by atoms with Gasteiger partial charge < -0.3 is 9.72 Å². The molecule has 0 saturated carbocycles. The van der Waals surface area contributed by atoms with Gasteiger partial charge in [-0.25, -0.2) is 4.98 Å². The molecule has 124 valence electrons. The van der Waals surface area contributed by atoms with Crippen LogP contribution in [0.25, 0.3) is 17.1 Å². The van der Waals surface area contributed by atoms with Crippen LogP contribution in [0.3, 0.4) is 0 Å². The van der Waals surface area contributed by atoms with E-state index in [0.29, 0.717) is 16.4 Å². The van der Waals surface area contributed by atoms with Crippen molar-refractivity contribution in [2.24, 2.45) is 4.99 Å². The van der Waals surface area contributed by atoms with Gasteiger partial charge in [0.2, 0.25) is 0 Å². The first-order valence-corrected chi connectivity index (χ1v) is 7.93. The minimum atomic E-state index is -0.240. The van der Waals surface area contributed by atoms with E-state index in [2.05, 4.69) is 15.0 Å². The van der Waals surface area contributed by atoms with Gasteiger partial charge in [-0.3, -0.25) is 9.69 Å². The van der Waals surface area contributed by atoms with Crippen LogP contribution in [0.1, 0.15) is 5.56 Å². The summed E-state index contributed by atoms with van der Waals surface area (Å²) < 4.78 is 5.69. The standard InChI is InChI=1S/C18H13ClN4O2/c1-23-17(24)15(22-18(23)25-13-5-3-2-4-6-13)7-11-9-20-16-14(11)8-12(19)10-21-16/h2-10H,1H3,(H,20,21). The number of benzene rings is 1. The Bertz CT molecular complexity index is 1020. The Morgan fingerprint density at radius 2 is 2.08 bits per heavy atom. The van der Waals surface area contributed by atoms with Crippen LogP contribution in [-0.4, -0.2) is 33.8 Å². The first-order valence-electron chi connectivity index (χ1n) is 7.56. The van der Waals surface area contributed by atoms with E-state index in [4.69, 9.17) is 16.3 Å². The number of para-hydroxylation sites is 1. The van der Waals surface area contributed by atoms with Crippen molar-refractivity contribution in [3.8, 4) is 5.75 Å². The van der Waals surface area contributed by atoms with E-state index in [9.17, 15) is 4.79 Å². The number of pyridine rings is 1. The monoisotopic (exact) mass is 352 g/mol. The number of aliphatic imine (C=N–C) groups is 1. The smallest absolute Gasteiger partial charge is 0.305 e. The van der Waals surface area contributed by atoms with Crippen LogP contribution >= 0.6 is 11.6 Å². The quantitative estimate of drug-likeness (QED) is 0.718. The Morgan fingerprint density at radius 3 is 2.88 bits per heavy atom. The zero-order valence-corrected chi connectivity index (χ0v) is 14.0. The van der Waals surface area contributed by atoms with Gasteiger partial charge in [-0.05, 0) is 24.3 Å². The molecule has 1 amide bonds. The molecule has 0 bridgehead atoms. The number of ether oxygens (including phenoxy) is 1. The number of carbonyl (C=O) groups is 1. The average molecular weight is 353 g/mol. The summed E-state index contributed by atoms with van der Waals surface area (Å²) in [5.74, 6) is 0.375. The van der Waals surface area contributed by atoms with Gasteiger partial charge in [-0.15, -0.1) is 0 Å². The maximum atomic E-state index is 12.4. The molecule has 6 nitrogen and oxygen atoms in total. The van der Waals surface area contributed by atoms with Gasteiger partial charge in [0.15, 0.2) is 0 Å². The van der Waals surface area contributed by atoms with Crippen LogP contribution in [0.15, 0.2) is 59.5 Å². The van der Waals surface area contributed by atoms with Gasteiger partial charge in [0, 0.05) is 30.4 Å². The molecule has 1 aliphatic rings. The third-order valence-electron chi connectivity index (χ3n) is 3.80. The molecule has 7 heteroatoms. The van der Waals surface area contributed by atoms with E-state index < -0.39 is 0 Å². The highest BCUT2D eigenvalue weighted by molar-refractivity contribution is 6.31. The van der Waals surface area contributed by atoms with Crippen molar-refractivity contribution < 1.29 is 9.53 Å². The van der Waals surface area contributed by atoms with Gasteiger partial charge >= 0.3 is 6.02 Å². The minimum absolute atomic E-state index is 0.235. The lowest BCUT2D eigenvalue weighted by Crippen LogP contribution is -2.31. The summed E-state index contributed by atoms with van der Waals surface area (Å²) in [5, 5.41) is 1.35. The zero-order chi connectivity index (χ0) is 17.4. The Labute approximate surface area is 148 Å². The van der Waals surface area contributed by atoms with Gasteiger partial charge in [-0.1, -0.05) is 29.8 Å². The fraction of sp³-hybridized carbons (Fsp3) is 0.0556. The summed E-state index contributed by atoms with van der Waals surface area (Å²) >= 11 is 6.01. The molecular weight excluding hydrogens is 340 g/mol. The fourth-order valence-electron chi connectivity index (χ4n) is 2.53. The summed E-state index contributed by atoms with van der Waals surface area (Å²) in [7, 11) is 1.62. The van der Waals surface area contributed by atoms with Gasteiger partial charge in [0.25, 0.3) is 5.91 Å². The molecule has 0 saturated heterocycles. The van der Waals surface area contributed by atoms with Crippen LogP contribution < -0.4 is 4.74 Å². The van der Waals surface area contributed by atoms with Gasteiger partial charge in [-0.2, -0.15) is 4.99 Å². The summed E-state index contributed by atoms with van der Waals surface area (Å²) in [5.41, 5.74) is 1.76. The van der Waals surface area contributed by atoms with Crippen molar-refractivity contribution in [1.82, 2.24) is 14.9 Å². The molecule has 3 heterocycles. The Balaban J connectivity index is 1.70. The number of H-pyrrole nitrogens is 1. The SMILES string of the molecule is CN1C(=O)C(=Cc2c[nH]c3ncc(Cl)cc23)N=C1Oc1ccccc1. The van der Waals surface area contributed by atoms with Crippen molar-refractivity contribution >= 4 is 40.6 Å². The maximum Gasteiger partial charge on any atom is 0.305 e. The highest BCUT2D eigenvalue weighted by atomic mass is 35.5. The van der Waals surface area contributed by atoms with Crippen LogP contribution in [-0.2, 0) is 4.79 Å². The molecular formula is C18H13ClN4O2. The number of hydrogen-bond donors (Lipinski definition) is 1. The zero-order valence-electron chi connectivity index (χ0n) is 13.2. The number of aromatic nitrogens is 2. The first kappa shape index (κ1) is 15.4. The molecule has 0 spiro atoms. The molecule has 0 fully saturated rings. The number of fused-ring (bicyclic) bond motifs is 1. The summed E-state index contributed by atoms with van der Waals surface area (Å²) in [4.78, 5) is 25.4. The first-order chi connectivity index (χ1) is 12.1. The highest BCUT2D eigenvalue weighted by Crippen LogP contribution is 2.25. The molecule has 0 atom stereocenters. The number of nitrogens with zero attached hydrogens (tertiary/aromatic N) is 3. The molecule has 3 aromatic rings. The number of halogens is 1. The molecule has 1 N–H and O–H groups in total. The highest BCUT2D eigenvalue weighted by Gasteiger charge is 2.29. The van der Waals surface area contributed by atoms with E-state index >= 15 is 0 Å². The largest absolute Gasteiger partial charge is 0.425 e. The summed E-state index contributed by atoms with van der Waals surface area (Å²) in [6, 6.07) is 11.2. The summed E-state index contributed by atoms with van der Waals surface area (Å²) in [6.45, 7) is 0. The fourth-order valence-corrected chi connectivity index (χ4v) is 2.69. The second-order valence-corrected chi connectivity index (χ2v) is 5.93. The van der Waals surface area contributed by atoms with Crippen LogP contribution in [0, 0.1) is 0 Å². The Kier molecular flexibility index (Phi) is 3.74. The Morgan fingerprint density at radius 1 is 1.28 bits per heavy atom. The van der Waals surface area contributed by atoms with Crippen molar-refractivity contribution in [3.05, 3.63) is 65.1 Å². The predicted molar refractivity (Wildman–Crippen MR) is 96.4 cm³/mol. The molecule has 4 rings (SSSR count). The molecule has 1 aromatic carbocycles. The lowest BCUT2D eigenvalue weighted by atomic mass is 10.2.